The molecule has 0 saturated carbocycles. The van der Waals surface area contributed by atoms with E-state index in [2.05, 4.69) is 4.90 Å². The Hall–Kier alpha value is -1.35. The first-order chi connectivity index (χ1) is 7.86. The molecule has 1 aromatic rings. The molecular formula is C13H17NO2. The van der Waals surface area contributed by atoms with Crippen LogP contribution in [0.25, 0.3) is 0 Å². The zero-order chi connectivity index (χ0) is 11.4. The summed E-state index contributed by atoms with van der Waals surface area (Å²) in [6.45, 7) is 1.74. The molecule has 1 unspecified atom stereocenters. The number of aldehydes is 1. The van der Waals surface area contributed by atoms with Crippen LogP contribution in [-0.2, 0) is 4.74 Å². The summed E-state index contributed by atoms with van der Waals surface area (Å²) in [5, 5.41) is 0. The Morgan fingerprint density at radius 1 is 1.50 bits per heavy atom. The molecule has 16 heavy (non-hydrogen) atoms. The van der Waals surface area contributed by atoms with Crippen molar-refractivity contribution in [1.29, 1.82) is 0 Å². The molecule has 0 amide bonds. The van der Waals surface area contributed by atoms with E-state index in [9.17, 15) is 4.79 Å². The lowest BCUT2D eigenvalue weighted by molar-refractivity contribution is 0.112. The quantitative estimate of drug-likeness (QED) is 0.726. The Bertz CT molecular complexity index is 365. The first-order valence-corrected chi connectivity index (χ1v) is 5.66. The second kappa shape index (κ2) is 5.12. The van der Waals surface area contributed by atoms with E-state index < -0.39 is 0 Å². The van der Waals surface area contributed by atoms with Crippen molar-refractivity contribution in [3.63, 3.8) is 0 Å². The van der Waals surface area contributed by atoms with Crippen molar-refractivity contribution in [3.05, 3.63) is 29.8 Å². The summed E-state index contributed by atoms with van der Waals surface area (Å²) < 4.78 is 5.22. The third-order valence-electron chi connectivity index (χ3n) is 3.11. The highest BCUT2D eigenvalue weighted by atomic mass is 16.5. The van der Waals surface area contributed by atoms with Crippen LogP contribution in [0.5, 0.6) is 0 Å². The largest absolute Gasteiger partial charge is 0.383 e. The number of rotatable bonds is 4. The van der Waals surface area contributed by atoms with E-state index in [0.717, 1.165) is 37.1 Å². The fourth-order valence-electron chi connectivity index (χ4n) is 2.37. The van der Waals surface area contributed by atoms with E-state index in [1.165, 1.54) is 6.42 Å². The number of carbonyl (C=O) groups is 1. The van der Waals surface area contributed by atoms with Crippen molar-refractivity contribution in [3.8, 4) is 0 Å². The molecule has 0 aliphatic carbocycles. The van der Waals surface area contributed by atoms with Gasteiger partial charge in [0.25, 0.3) is 0 Å². The van der Waals surface area contributed by atoms with Gasteiger partial charge in [-0.25, -0.2) is 0 Å². The lowest BCUT2D eigenvalue weighted by Crippen LogP contribution is -2.33. The number of methoxy groups -OCH3 is 1. The van der Waals surface area contributed by atoms with Gasteiger partial charge in [0.15, 0.2) is 6.29 Å². The van der Waals surface area contributed by atoms with Gasteiger partial charge in [-0.3, -0.25) is 4.79 Å². The Morgan fingerprint density at radius 2 is 2.31 bits per heavy atom. The van der Waals surface area contributed by atoms with E-state index in [-0.39, 0.29) is 0 Å². The van der Waals surface area contributed by atoms with Crippen molar-refractivity contribution < 1.29 is 9.53 Å². The first kappa shape index (κ1) is 11.1. The van der Waals surface area contributed by atoms with Crippen LogP contribution in [0.2, 0.25) is 0 Å². The van der Waals surface area contributed by atoms with Gasteiger partial charge in [-0.05, 0) is 25.0 Å². The number of benzene rings is 1. The van der Waals surface area contributed by atoms with Gasteiger partial charge in [-0.15, -0.1) is 0 Å². The standard InChI is InChI=1S/C13H17NO2/c1-16-10-12-6-4-8-14(12)13-7-3-2-5-11(13)9-15/h2-3,5,7,9,12H,4,6,8,10H2,1H3. The molecule has 86 valence electrons. The average Bonchev–Trinajstić information content (AvgIpc) is 2.77. The van der Waals surface area contributed by atoms with Crippen molar-refractivity contribution in [1.82, 2.24) is 0 Å². The lowest BCUT2D eigenvalue weighted by atomic mass is 10.1. The summed E-state index contributed by atoms with van der Waals surface area (Å²) in [5.74, 6) is 0. The maximum absolute atomic E-state index is 11.0. The van der Waals surface area contributed by atoms with Crippen LogP contribution in [0, 0.1) is 0 Å². The molecule has 0 spiro atoms. The van der Waals surface area contributed by atoms with Gasteiger partial charge in [-0.1, -0.05) is 12.1 Å². The second-order valence-corrected chi connectivity index (χ2v) is 4.12. The van der Waals surface area contributed by atoms with Crippen LogP contribution < -0.4 is 4.90 Å². The predicted octanol–water partition coefficient (Wildman–Crippen LogP) is 2.11. The fourth-order valence-corrected chi connectivity index (χ4v) is 2.37. The molecular weight excluding hydrogens is 202 g/mol. The maximum atomic E-state index is 11.0. The predicted molar refractivity (Wildman–Crippen MR) is 64.1 cm³/mol. The monoisotopic (exact) mass is 219 g/mol. The zero-order valence-corrected chi connectivity index (χ0v) is 9.56. The van der Waals surface area contributed by atoms with Crippen molar-refractivity contribution in [2.24, 2.45) is 0 Å². The summed E-state index contributed by atoms with van der Waals surface area (Å²) in [6.07, 6.45) is 3.24. The van der Waals surface area contributed by atoms with E-state index in [4.69, 9.17) is 4.74 Å². The van der Waals surface area contributed by atoms with Crippen LogP contribution in [0.4, 0.5) is 5.69 Å². The molecule has 1 aromatic carbocycles. The van der Waals surface area contributed by atoms with Crippen LogP contribution in [0.3, 0.4) is 0 Å². The molecule has 0 N–H and O–H groups in total. The topological polar surface area (TPSA) is 29.5 Å². The van der Waals surface area contributed by atoms with Gasteiger partial charge in [0.1, 0.15) is 0 Å². The zero-order valence-electron chi connectivity index (χ0n) is 9.56. The molecule has 0 radical (unpaired) electrons. The highest BCUT2D eigenvalue weighted by Gasteiger charge is 2.25. The molecule has 1 fully saturated rings. The van der Waals surface area contributed by atoms with E-state index >= 15 is 0 Å². The van der Waals surface area contributed by atoms with E-state index in [1.54, 1.807) is 7.11 Å². The van der Waals surface area contributed by atoms with Crippen LogP contribution >= 0.6 is 0 Å². The van der Waals surface area contributed by atoms with Gasteiger partial charge < -0.3 is 9.64 Å². The normalized spacial score (nSPS) is 20.1. The molecule has 0 bridgehead atoms. The maximum Gasteiger partial charge on any atom is 0.152 e. The van der Waals surface area contributed by atoms with Gasteiger partial charge in [0, 0.05) is 24.9 Å². The Kier molecular flexibility index (Phi) is 3.57. The number of hydrogen-bond donors (Lipinski definition) is 0. The Labute approximate surface area is 96.0 Å². The molecule has 2 rings (SSSR count). The third kappa shape index (κ3) is 2.09. The van der Waals surface area contributed by atoms with Gasteiger partial charge in [0.2, 0.25) is 0 Å². The highest BCUT2D eigenvalue weighted by molar-refractivity contribution is 5.84. The fraction of sp³-hybridized carbons (Fsp3) is 0.462. The van der Waals surface area contributed by atoms with E-state index in [1.807, 2.05) is 24.3 Å². The number of nitrogens with zero attached hydrogens (tertiary/aromatic N) is 1. The molecule has 1 saturated heterocycles. The average molecular weight is 219 g/mol. The summed E-state index contributed by atoms with van der Waals surface area (Å²) in [5.41, 5.74) is 1.81. The Morgan fingerprint density at radius 3 is 3.06 bits per heavy atom. The summed E-state index contributed by atoms with van der Waals surface area (Å²) in [6, 6.07) is 8.16. The molecule has 1 aliphatic rings. The number of anilines is 1. The SMILES string of the molecule is COCC1CCCN1c1ccccc1C=O. The highest BCUT2D eigenvalue weighted by Crippen LogP contribution is 2.27. The minimum Gasteiger partial charge on any atom is -0.383 e. The first-order valence-electron chi connectivity index (χ1n) is 5.66. The van der Waals surface area contributed by atoms with Crippen molar-refractivity contribution in [2.45, 2.75) is 18.9 Å². The summed E-state index contributed by atoms with van der Waals surface area (Å²) in [7, 11) is 1.72. The molecule has 1 aliphatic heterocycles. The minimum atomic E-state index is 0.408. The van der Waals surface area contributed by atoms with Crippen LogP contribution in [0.15, 0.2) is 24.3 Å². The minimum absolute atomic E-state index is 0.408. The smallest absolute Gasteiger partial charge is 0.152 e. The van der Waals surface area contributed by atoms with Gasteiger partial charge >= 0.3 is 0 Å². The van der Waals surface area contributed by atoms with Gasteiger partial charge in [-0.2, -0.15) is 0 Å². The molecule has 3 nitrogen and oxygen atoms in total. The number of hydrogen-bond acceptors (Lipinski definition) is 3. The summed E-state index contributed by atoms with van der Waals surface area (Å²) >= 11 is 0. The number of para-hydroxylation sites is 1. The molecule has 3 heteroatoms. The van der Waals surface area contributed by atoms with Crippen molar-refractivity contribution >= 4 is 12.0 Å². The lowest BCUT2D eigenvalue weighted by Gasteiger charge is -2.27. The van der Waals surface area contributed by atoms with E-state index in [0.29, 0.717) is 6.04 Å². The third-order valence-corrected chi connectivity index (χ3v) is 3.11. The Balaban J connectivity index is 2.25. The molecule has 1 atom stereocenters. The summed E-state index contributed by atoms with van der Waals surface area (Å²) in [4.78, 5) is 13.3. The molecule has 0 aromatic heterocycles. The van der Waals surface area contributed by atoms with Crippen molar-refractivity contribution in [2.75, 3.05) is 25.2 Å². The van der Waals surface area contributed by atoms with Gasteiger partial charge in [0.05, 0.1) is 12.6 Å². The van der Waals surface area contributed by atoms with Crippen LogP contribution in [0.1, 0.15) is 23.2 Å². The van der Waals surface area contributed by atoms with Crippen LogP contribution in [-0.4, -0.2) is 32.6 Å². The number of carbonyl (C=O) groups excluding carboxylic acids is 1. The molecule has 1 heterocycles. The second-order valence-electron chi connectivity index (χ2n) is 4.12. The number of ether oxygens (including phenoxy) is 1.